The van der Waals surface area contributed by atoms with Crippen LogP contribution in [0.15, 0.2) is 231 Å². The molecule has 0 spiro atoms. The van der Waals surface area contributed by atoms with Crippen molar-refractivity contribution < 1.29 is 0 Å². The number of fused-ring (bicyclic) bond motifs is 4. The fourth-order valence-electron chi connectivity index (χ4n) is 8.96. The highest BCUT2D eigenvalue weighted by Gasteiger charge is 2.17. The van der Waals surface area contributed by atoms with Crippen LogP contribution in [0.25, 0.3) is 110 Å². The molecule has 11 aromatic rings. The molecule has 0 atom stereocenters. The minimum Gasteiger partial charge on any atom is -0.0622 e. The van der Waals surface area contributed by atoms with Gasteiger partial charge in [-0.1, -0.05) is 218 Å². The van der Waals surface area contributed by atoms with E-state index in [2.05, 4.69) is 231 Å². The molecule has 11 rings (SSSR count). The largest absolute Gasteiger partial charge is 0.0622 e. The third-order valence-corrected chi connectivity index (χ3v) is 11.9. The normalized spacial score (nSPS) is 11.4. The van der Waals surface area contributed by atoms with E-state index in [0.29, 0.717) is 0 Å². The number of hydrogen-bond acceptors (Lipinski definition) is 0. The molecule has 0 nitrogen and oxygen atoms in total. The monoisotopic (exact) mass is 734 g/mol. The Kier molecular flexibility index (Phi) is 8.26. The maximum absolute atomic E-state index is 2.40. The molecule has 0 unspecified atom stereocenters. The fourth-order valence-corrected chi connectivity index (χ4v) is 8.96. The van der Waals surface area contributed by atoms with E-state index in [1.807, 2.05) is 0 Å². The van der Waals surface area contributed by atoms with E-state index in [1.165, 1.54) is 110 Å². The average Bonchev–Trinajstić information content (AvgIpc) is 3.30. The summed E-state index contributed by atoms with van der Waals surface area (Å²) in [5.74, 6) is 0. The Labute approximate surface area is 339 Å². The molecule has 0 aliphatic rings. The van der Waals surface area contributed by atoms with Gasteiger partial charge in [0.25, 0.3) is 0 Å². The van der Waals surface area contributed by atoms with Crippen LogP contribution in [0, 0.1) is 0 Å². The molecule has 0 heterocycles. The zero-order valence-corrected chi connectivity index (χ0v) is 31.9. The first kappa shape index (κ1) is 33.8. The highest BCUT2D eigenvalue weighted by molar-refractivity contribution is 6.22. The van der Waals surface area contributed by atoms with Gasteiger partial charge in [-0.25, -0.2) is 0 Å². The van der Waals surface area contributed by atoms with Crippen LogP contribution in [0.2, 0.25) is 0 Å². The Bertz CT molecular complexity index is 3220. The van der Waals surface area contributed by atoms with Gasteiger partial charge in [-0.2, -0.15) is 0 Å². The zero-order valence-electron chi connectivity index (χ0n) is 31.9. The molecule has 0 radical (unpaired) electrons. The summed E-state index contributed by atoms with van der Waals surface area (Å²) in [6.07, 6.45) is 0. The zero-order chi connectivity index (χ0) is 38.4. The lowest BCUT2D eigenvalue weighted by atomic mass is 9.85. The van der Waals surface area contributed by atoms with Crippen LogP contribution < -0.4 is 0 Å². The van der Waals surface area contributed by atoms with Crippen LogP contribution in [0.1, 0.15) is 0 Å². The van der Waals surface area contributed by atoms with Gasteiger partial charge in [0.2, 0.25) is 0 Å². The lowest BCUT2D eigenvalue weighted by molar-refractivity contribution is 1.58. The van der Waals surface area contributed by atoms with Gasteiger partial charge >= 0.3 is 0 Å². The van der Waals surface area contributed by atoms with E-state index in [-0.39, 0.29) is 0 Å². The van der Waals surface area contributed by atoms with Crippen LogP contribution in [0.3, 0.4) is 0 Å². The second-order valence-electron chi connectivity index (χ2n) is 15.2. The van der Waals surface area contributed by atoms with Gasteiger partial charge in [-0.05, 0) is 122 Å². The van der Waals surface area contributed by atoms with Crippen molar-refractivity contribution in [3.63, 3.8) is 0 Å². The molecule has 0 saturated carbocycles. The Morgan fingerprint density at radius 2 is 0.569 bits per heavy atom. The Morgan fingerprint density at radius 3 is 1.14 bits per heavy atom. The topological polar surface area (TPSA) is 0 Å². The molecule has 11 aromatic carbocycles. The molecule has 0 bridgehead atoms. The molecule has 0 aliphatic carbocycles. The smallest absolute Gasteiger partial charge is 0.00261 e. The van der Waals surface area contributed by atoms with Crippen molar-refractivity contribution in [1.29, 1.82) is 0 Å². The second kappa shape index (κ2) is 14.2. The van der Waals surface area contributed by atoms with Crippen molar-refractivity contribution in [2.75, 3.05) is 0 Å². The second-order valence-corrected chi connectivity index (χ2v) is 15.2. The van der Waals surface area contributed by atoms with Crippen molar-refractivity contribution >= 4 is 43.1 Å². The fraction of sp³-hybridized carbons (Fsp3) is 0. The molecule has 0 heteroatoms. The lowest BCUT2D eigenvalue weighted by Crippen LogP contribution is -1.91. The summed E-state index contributed by atoms with van der Waals surface area (Å²) in [5, 5.41) is 10.1. The molecular weight excluding hydrogens is 697 g/mol. The van der Waals surface area contributed by atoms with Crippen LogP contribution in [0.5, 0.6) is 0 Å². The lowest BCUT2D eigenvalue weighted by Gasteiger charge is -2.18. The molecule has 0 saturated heterocycles. The molecule has 0 amide bonds. The summed E-state index contributed by atoms with van der Waals surface area (Å²) in [6.45, 7) is 0. The van der Waals surface area contributed by atoms with Gasteiger partial charge < -0.3 is 0 Å². The Morgan fingerprint density at radius 1 is 0.172 bits per heavy atom. The van der Waals surface area contributed by atoms with Crippen molar-refractivity contribution in [2.24, 2.45) is 0 Å². The van der Waals surface area contributed by atoms with Crippen molar-refractivity contribution in [3.8, 4) is 66.8 Å². The van der Waals surface area contributed by atoms with Gasteiger partial charge in [0.05, 0.1) is 0 Å². The quantitative estimate of drug-likeness (QED) is 0.149. The highest BCUT2D eigenvalue weighted by atomic mass is 14.2. The standard InChI is InChI=1S/C58H38/c1-2-12-45(13-3-1)51-20-10-15-46-32-36-50(38-56(46)51)58-54-18-8-6-16-52(54)57(53-17-7-9-19-55(53)58)47-33-29-43(30-34-47)41-23-21-40(22-24-41)42-25-27-44(28-26-42)49-35-31-39-11-4-5-14-48(39)37-49/h1-38H. The van der Waals surface area contributed by atoms with Gasteiger partial charge in [-0.3, -0.25) is 0 Å². The van der Waals surface area contributed by atoms with E-state index >= 15 is 0 Å². The molecule has 0 N–H and O–H groups in total. The molecule has 0 fully saturated rings. The van der Waals surface area contributed by atoms with Gasteiger partial charge in [0.1, 0.15) is 0 Å². The summed E-state index contributed by atoms with van der Waals surface area (Å²) >= 11 is 0. The number of hydrogen-bond donors (Lipinski definition) is 0. The first-order valence-electron chi connectivity index (χ1n) is 20.1. The maximum atomic E-state index is 2.40. The van der Waals surface area contributed by atoms with E-state index in [1.54, 1.807) is 0 Å². The minimum atomic E-state index is 1.21. The van der Waals surface area contributed by atoms with Gasteiger partial charge in [0, 0.05) is 0 Å². The highest BCUT2D eigenvalue weighted by Crippen LogP contribution is 2.45. The minimum absolute atomic E-state index is 1.21. The van der Waals surface area contributed by atoms with Crippen LogP contribution in [0.4, 0.5) is 0 Å². The SMILES string of the molecule is c1ccc(-c2cccc3ccc(-c4c5ccccc5c(-c5ccc(-c6ccc(-c7ccc(-c8ccc9ccccc9c8)cc7)cc6)cc5)c5ccccc45)cc23)cc1. The van der Waals surface area contributed by atoms with Crippen molar-refractivity contribution in [3.05, 3.63) is 231 Å². The van der Waals surface area contributed by atoms with E-state index in [9.17, 15) is 0 Å². The summed E-state index contributed by atoms with van der Waals surface area (Å²) in [5.41, 5.74) is 14.8. The molecular formula is C58H38. The Balaban J connectivity index is 0.932. The number of benzene rings is 11. The van der Waals surface area contributed by atoms with E-state index in [0.717, 1.165) is 0 Å². The van der Waals surface area contributed by atoms with Crippen LogP contribution in [-0.2, 0) is 0 Å². The number of rotatable bonds is 6. The summed E-state index contributed by atoms with van der Waals surface area (Å²) in [4.78, 5) is 0. The molecule has 58 heavy (non-hydrogen) atoms. The third-order valence-electron chi connectivity index (χ3n) is 11.9. The first-order valence-corrected chi connectivity index (χ1v) is 20.1. The average molecular weight is 735 g/mol. The van der Waals surface area contributed by atoms with Gasteiger partial charge in [-0.15, -0.1) is 0 Å². The first-order chi connectivity index (χ1) is 28.7. The molecule has 0 aliphatic heterocycles. The maximum Gasteiger partial charge on any atom is -0.00261 e. The van der Waals surface area contributed by atoms with E-state index < -0.39 is 0 Å². The summed E-state index contributed by atoms with van der Waals surface area (Å²) in [6, 6.07) is 84.4. The predicted octanol–water partition coefficient (Wildman–Crippen LogP) is 16.3. The van der Waals surface area contributed by atoms with Crippen molar-refractivity contribution in [1.82, 2.24) is 0 Å². The van der Waals surface area contributed by atoms with Crippen LogP contribution in [-0.4, -0.2) is 0 Å². The molecule has 0 aromatic heterocycles. The third kappa shape index (κ3) is 5.95. The van der Waals surface area contributed by atoms with Gasteiger partial charge in [0.15, 0.2) is 0 Å². The Hall–Kier alpha value is -7.54. The van der Waals surface area contributed by atoms with Crippen LogP contribution >= 0.6 is 0 Å². The summed E-state index contributed by atoms with van der Waals surface area (Å²) in [7, 11) is 0. The summed E-state index contributed by atoms with van der Waals surface area (Å²) < 4.78 is 0. The molecule has 270 valence electrons. The predicted molar refractivity (Wildman–Crippen MR) is 249 cm³/mol. The van der Waals surface area contributed by atoms with Crippen molar-refractivity contribution in [2.45, 2.75) is 0 Å². The van der Waals surface area contributed by atoms with E-state index in [4.69, 9.17) is 0 Å².